The Balaban J connectivity index is 1.89. The van der Waals surface area contributed by atoms with Gasteiger partial charge in [0.1, 0.15) is 6.61 Å². The van der Waals surface area contributed by atoms with Crippen molar-refractivity contribution in [3.8, 4) is 0 Å². The number of H-pyrrole nitrogens is 1. The van der Waals surface area contributed by atoms with Crippen LogP contribution in [0.4, 0.5) is 13.2 Å². The second-order valence-corrected chi connectivity index (χ2v) is 4.54. The van der Waals surface area contributed by atoms with Gasteiger partial charge in [-0.1, -0.05) is 11.6 Å². The van der Waals surface area contributed by atoms with Crippen LogP contribution < -0.4 is 5.32 Å². The Kier molecular flexibility index (Phi) is 4.46. The number of carbonyl (C=O) groups is 1. The maximum atomic E-state index is 11.9. The van der Waals surface area contributed by atoms with Crippen LogP contribution in [-0.2, 0) is 4.74 Å². The van der Waals surface area contributed by atoms with Crippen LogP contribution in [0.25, 0.3) is 10.9 Å². The number of aryl methyl sites for hydroxylation is 1. The normalized spacial score (nSPS) is 11.8. The van der Waals surface area contributed by atoms with E-state index in [1.54, 1.807) is 6.07 Å². The molecule has 21 heavy (non-hydrogen) atoms. The molecule has 0 aliphatic rings. The van der Waals surface area contributed by atoms with Gasteiger partial charge >= 0.3 is 6.18 Å². The van der Waals surface area contributed by atoms with Crippen molar-refractivity contribution < 1.29 is 22.7 Å². The molecule has 0 aliphatic heterocycles. The summed E-state index contributed by atoms with van der Waals surface area (Å²) in [4.78, 5) is 11.9. The third kappa shape index (κ3) is 4.19. The van der Waals surface area contributed by atoms with Gasteiger partial charge in [0.15, 0.2) is 5.69 Å². The van der Waals surface area contributed by atoms with Crippen molar-refractivity contribution >= 4 is 16.8 Å². The van der Waals surface area contributed by atoms with Gasteiger partial charge in [-0.05, 0) is 19.1 Å². The van der Waals surface area contributed by atoms with Gasteiger partial charge in [-0.2, -0.15) is 18.3 Å². The number of hydrogen-bond donors (Lipinski definition) is 2. The number of hydrogen-bond acceptors (Lipinski definition) is 3. The lowest BCUT2D eigenvalue weighted by Crippen LogP contribution is -2.29. The molecular weight excluding hydrogens is 287 g/mol. The Morgan fingerprint density at radius 2 is 2.19 bits per heavy atom. The first-order chi connectivity index (χ1) is 9.87. The molecule has 0 spiro atoms. The first kappa shape index (κ1) is 15.3. The van der Waals surface area contributed by atoms with Gasteiger partial charge in [0, 0.05) is 11.9 Å². The standard InChI is InChI=1S/C13H14F3N3O2/c1-8-2-3-10-9(6-8)11(19-18-10)12(20)17-4-5-21-7-13(14,15)16/h2-3,6H,4-5,7H2,1H3,(H,17,20)(H,18,19). The first-order valence-electron chi connectivity index (χ1n) is 6.24. The molecule has 1 heterocycles. The zero-order valence-corrected chi connectivity index (χ0v) is 11.3. The molecule has 0 aliphatic carbocycles. The van der Waals surface area contributed by atoms with Crippen molar-refractivity contribution in [2.75, 3.05) is 19.8 Å². The monoisotopic (exact) mass is 301 g/mol. The third-order valence-electron chi connectivity index (χ3n) is 2.73. The molecule has 0 fully saturated rings. The van der Waals surface area contributed by atoms with E-state index < -0.39 is 18.7 Å². The van der Waals surface area contributed by atoms with Crippen LogP contribution in [0.15, 0.2) is 18.2 Å². The third-order valence-corrected chi connectivity index (χ3v) is 2.73. The molecule has 5 nitrogen and oxygen atoms in total. The molecule has 1 amide bonds. The van der Waals surface area contributed by atoms with E-state index in [1.807, 2.05) is 19.1 Å². The van der Waals surface area contributed by atoms with Crippen LogP contribution in [0.1, 0.15) is 16.1 Å². The minimum atomic E-state index is -4.36. The molecule has 1 aromatic carbocycles. The molecule has 1 aromatic heterocycles. The molecule has 0 unspecified atom stereocenters. The Bertz CT molecular complexity index is 637. The van der Waals surface area contributed by atoms with Gasteiger partial charge in [0.2, 0.25) is 0 Å². The van der Waals surface area contributed by atoms with E-state index >= 15 is 0 Å². The lowest BCUT2D eigenvalue weighted by atomic mass is 10.1. The van der Waals surface area contributed by atoms with Gasteiger partial charge in [0.25, 0.3) is 5.91 Å². The largest absolute Gasteiger partial charge is 0.411 e. The lowest BCUT2D eigenvalue weighted by Gasteiger charge is -2.08. The summed E-state index contributed by atoms with van der Waals surface area (Å²) >= 11 is 0. The molecule has 0 saturated carbocycles. The summed E-state index contributed by atoms with van der Waals surface area (Å²) in [6.07, 6.45) is -4.36. The van der Waals surface area contributed by atoms with Gasteiger partial charge in [-0.3, -0.25) is 9.89 Å². The van der Waals surface area contributed by atoms with Gasteiger partial charge in [-0.25, -0.2) is 0 Å². The quantitative estimate of drug-likeness (QED) is 0.832. The molecular formula is C13H14F3N3O2. The van der Waals surface area contributed by atoms with Gasteiger partial charge in [-0.15, -0.1) is 0 Å². The Morgan fingerprint density at radius 1 is 1.43 bits per heavy atom. The Morgan fingerprint density at radius 3 is 2.90 bits per heavy atom. The van der Waals surface area contributed by atoms with E-state index in [2.05, 4.69) is 20.3 Å². The predicted molar refractivity (Wildman–Crippen MR) is 70.0 cm³/mol. The van der Waals surface area contributed by atoms with Gasteiger partial charge in [0.05, 0.1) is 12.1 Å². The van der Waals surface area contributed by atoms with Crippen molar-refractivity contribution in [1.29, 1.82) is 0 Å². The predicted octanol–water partition coefficient (Wildman–Crippen LogP) is 2.18. The van der Waals surface area contributed by atoms with E-state index in [4.69, 9.17) is 0 Å². The van der Waals surface area contributed by atoms with E-state index in [0.717, 1.165) is 11.1 Å². The van der Waals surface area contributed by atoms with Crippen LogP contribution >= 0.6 is 0 Å². The summed E-state index contributed by atoms with van der Waals surface area (Å²) < 4.78 is 40.0. The fourth-order valence-corrected chi connectivity index (χ4v) is 1.81. The molecule has 0 radical (unpaired) electrons. The van der Waals surface area contributed by atoms with Crippen molar-refractivity contribution in [1.82, 2.24) is 15.5 Å². The molecule has 2 N–H and O–H groups in total. The summed E-state index contributed by atoms with van der Waals surface area (Å²) in [5.74, 6) is -0.456. The van der Waals surface area contributed by atoms with Crippen LogP contribution in [0.2, 0.25) is 0 Å². The topological polar surface area (TPSA) is 67.0 Å². The number of alkyl halides is 3. The number of rotatable bonds is 5. The maximum absolute atomic E-state index is 11.9. The highest BCUT2D eigenvalue weighted by Crippen LogP contribution is 2.17. The van der Waals surface area contributed by atoms with Crippen molar-refractivity contribution in [3.05, 3.63) is 29.5 Å². The number of carbonyl (C=O) groups excluding carboxylic acids is 1. The van der Waals surface area contributed by atoms with E-state index in [-0.39, 0.29) is 18.8 Å². The number of nitrogens with one attached hydrogen (secondary N) is 2. The number of ether oxygens (including phenoxy) is 1. The molecule has 8 heteroatoms. The summed E-state index contributed by atoms with van der Waals surface area (Å²) in [5, 5.41) is 9.78. The number of benzene rings is 1. The summed E-state index contributed by atoms with van der Waals surface area (Å²) in [7, 11) is 0. The summed E-state index contributed by atoms with van der Waals surface area (Å²) in [5.41, 5.74) is 1.91. The number of amides is 1. The molecule has 0 bridgehead atoms. The van der Waals surface area contributed by atoms with E-state index in [0.29, 0.717) is 5.39 Å². The van der Waals surface area contributed by atoms with Gasteiger partial charge < -0.3 is 10.1 Å². The molecule has 2 aromatic rings. The number of halogens is 3. The van der Waals surface area contributed by atoms with Crippen LogP contribution in [0.3, 0.4) is 0 Å². The van der Waals surface area contributed by atoms with E-state index in [9.17, 15) is 18.0 Å². The fourth-order valence-electron chi connectivity index (χ4n) is 1.81. The zero-order valence-electron chi connectivity index (χ0n) is 11.3. The van der Waals surface area contributed by atoms with Crippen molar-refractivity contribution in [3.63, 3.8) is 0 Å². The van der Waals surface area contributed by atoms with Crippen molar-refractivity contribution in [2.45, 2.75) is 13.1 Å². The second kappa shape index (κ2) is 6.13. The van der Waals surface area contributed by atoms with E-state index in [1.165, 1.54) is 0 Å². The minimum absolute atomic E-state index is 0.0188. The molecule has 2 rings (SSSR count). The smallest absolute Gasteiger partial charge is 0.370 e. The fraction of sp³-hybridized carbons (Fsp3) is 0.385. The maximum Gasteiger partial charge on any atom is 0.411 e. The average Bonchev–Trinajstić information content (AvgIpc) is 2.79. The first-order valence-corrected chi connectivity index (χ1v) is 6.24. The molecule has 0 atom stereocenters. The highest BCUT2D eigenvalue weighted by atomic mass is 19.4. The average molecular weight is 301 g/mol. The van der Waals surface area contributed by atoms with Crippen LogP contribution in [0, 0.1) is 6.92 Å². The van der Waals surface area contributed by atoms with Crippen molar-refractivity contribution in [2.24, 2.45) is 0 Å². The summed E-state index contributed by atoms with van der Waals surface area (Å²) in [6, 6.07) is 5.50. The number of fused-ring (bicyclic) bond motifs is 1. The van der Waals surface area contributed by atoms with Crippen LogP contribution in [-0.4, -0.2) is 42.0 Å². The molecule has 114 valence electrons. The number of aromatic nitrogens is 2. The highest BCUT2D eigenvalue weighted by molar-refractivity contribution is 6.04. The summed E-state index contributed by atoms with van der Waals surface area (Å²) in [6.45, 7) is 0.328. The van der Waals surface area contributed by atoms with Crippen LogP contribution in [0.5, 0.6) is 0 Å². The lowest BCUT2D eigenvalue weighted by molar-refractivity contribution is -0.173. The minimum Gasteiger partial charge on any atom is -0.370 e. The SMILES string of the molecule is Cc1ccc2[nH]nc(C(=O)NCCOCC(F)(F)F)c2c1. The Labute approximate surface area is 118 Å². The second-order valence-electron chi connectivity index (χ2n) is 4.54. The number of aromatic amines is 1. The zero-order chi connectivity index (χ0) is 15.5. The highest BCUT2D eigenvalue weighted by Gasteiger charge is 2.27. The Hall–Kier alpha value is -2.09. The molecule has 0 saturated heterocycles. The number of nitrogens with zero attached hydrogens (tertiary/aromatic N) is 1.